The van der Waals surface area contributed by atoms with E-state index in [2.05, 4.69) is 5.32 Å². The maximum Gasteiger partial charge on any atom is 0.516 e. The van der Waals surface area contributed by atoms with Gasteiger partial charge in [0.25, 0.3) is 0 Å². The second kappa shape index (κ2) is 12.7. The lowest BCUT2D eigenvalue weighted by Gasteiger charge is -2.21. The molecule has 45 heavy (non-hydrogen) atoms. The lowest BCUT2D eigenvalue weighted by atomic mass is 10.0. The molecule has 1 aromatic heterocycles. The predicted octanol–water partition coefficient (Wildman–Crippen LogP) is 5.95. The maximum absolute atomic E-state index is 13.0. The number of rotatable bonds is 11. The Morgan fingerprint density at radius 1 is 0.956 bits per heavy atom. The van der Waals surface area contributed by atoms with Crippen LogP contribution in [0.5, 0.6) is 0 Å². The van der Waals surface area contributed by atoms with Crippen molar-refractivity contribution in [3.63, 3.8) is 0 Å². The lowest BCUT2D eigenvalue weighted by molar-refractivity contribution is -0.137. The van der Waals surface area contributed by atoms with Crippen molar-refractivity contribution in [1.29, 1.82) is 0 Å². The van der Waals surface area contributed by atoms with Gasteiger partial charge >= 0.3 is 27.7 Å². The summed E-state index contributed by atoms with van der Waals surface area (Å²) >= 11 is 0. The number of hydrogen-bond acceptors (Lipinski definition) is 5. The number of halogens is 6. The van der Waals surface area contributed by atoms with Gasteiger partial charge < -0.3 is 20.1 Å². The number of benzene rings is 3. The van der Waals surface area contributed by atoms with Crippen LogP contribution >= 0.6 is 0 Å². The van der Waals surface area contributed by atoms with E-state index >= 15 is 0 Å². The van der Waals surface area contributed by atoms with Crippen LogP contribution in [-0.4, -0.2) is 54.3 Å². The van der Waals surface area contributed by atoms with Gasteiger partial charge in [-0.1, -0.05) is 30.3 Å². The van der Waals surface area contributed by atoms with Gasteiger partial charge in [0.1, 0.15) is 5.69 Å². The first-order chi connectivity index (χ1) is 20.9. The van der Waals surface area contributed by atoms with Crippen LogP contribution in [0.3, 0.4) is 0 Å². The Hall–Kier alpha value is -4.08. The molecule has 2 unspecified atom stereocenters. The van der Waals surface area contributed by atoms with Crippen LogP contribution in [0.25, 0.3) is 10.9 Å². The van der Waals surface area contributed by atoms with Gasteiger partial charge in [-0.2, -0.15) is 34.8 Å². The molecule has 0 saturated carbocycles. The zero-order chi connectivity index (χ0) is 33.3. The zero-order valence-electron chi connectivity index (χ0n) is 23.9. The van der Waals surface area contributed by atoms with Gasteiger partial charge in [0.15, 0.2) is 0 Å². The average molecular weight is 658 g/mol. The molecule has 0 radical (unpaired) electrons. The summed E-state index contributed by atoms with van der Waals surface area (Å²) < 4.78 is 103. The molecule has 242 valence electrons. The lowest BCUT2D eigenvalue weighted by Crippen LogP contribution is -2.38. The number of nitrogens with one attached hydrogen (secondary N) is 1. The summed E-state index contributed by atoms with van der Waals surface area (Å²) in [6.45, 7) is 1.87. The zero-order valence-corrected chi connectivity index (χ0v) is 24.7. The normalized spacial score (nSPS) is 14.0. The van der Waals surface area contributed by atoms with Gasteiger partial charge in [-0.25, -0.2) is 4.79 Å². The SMILES string of the molecule is CC(Cc1ccc2c(c1)cc(C(=O)O)n2Cc1ccc(N(C)S(=O)(=O)C(F)(F)F)cc1)NCC(O)c1cccc(C(F)(F)F)c1. The number of carboxylic acid groups (broad SMARTS) is 1. The van der Waals surface area contributed by atoms with Crippen molar-refractivity contribution in [3.8, 4) is 0 Å². The number of aliphatic hydroxyl groups is 1. The second-order valence-corrected chi connectivity index (χ2v) is 12.5. The number of nitrogens with zero attached hydrogens (tertiary/aromatic N) is 2. The minimum absolute atomic E-state index is 0.000970. The minimum Gasteiger partial charge on any atom is -0.477 e. The molecular formula is C30H29F6N3O5S. The van der Waals surface area contributed by atoms with Crippen LogP contribution < -0.4 is 9.62 Å². The molecule has 3 aromatic carbocycles. The molecule has 0 bridgehead atoms. The standard InChI is InChI=1S/C30H29F6N3O5S/c1-18(37-16-27(40)21-4-3-5-23(14-21)29(31,32)33)12-20-8-11-25-22(13-20)15-26(28(41)42)39(25)17-19-6-9-24(10-7-19)38(2)45(43,44)30(34,35)36/h3-11,13-15,18,27,37,40H,12,16-17H2,1-2H3,(H,41,42). The molecule has 8 nitrogen and oxygen atoms in total. The van der Waals surface area contributed by atoms with Crippen molar-refractivity contribution in [3.05, 3.63) is 101 Å². The number of aliphatic hydroxyl groups excluding tert-OH is 1. The Kier molecular flexibility index (Phi) is 9.56. The van der Waals surface area contributed by atoms with Crippen LogP contribution in [0.4, 0.5) is 32.0 Å². The van der Waals surface area contributed by atoms with E-state index in [9.17, 15) is 49.8 Å². The Morgan fingerprint density at radius 3 is 2.20 bits per heavy atom. The first-order valence-corrected chi connectivity index (χ1v) is 14.9. The highest BCUT2D eigenvalue weighted by Gasteiger charge is 2.49. The molecular weight excluding hydrogens is 628 g/mol. The van der Waals surface area contributed by atoms with Crippen molar-refractivity contribution in [2.75, 3.05) is 17.9 Å². The average Bonchev–Trinajstić information content (AvgIpc) is 3.32. The van der Waals surface area contributed by atoms with E-state index < -0.39 is 39.3 Å². The van der Waals surface area contributed by atoms with Crippen molar-refractivity contribution in [1.82, 2.24) is 9.88 Å². The molecule has 0 aliphatic heterocycles. The molecule has 2 atom stereocenters. The molecule has 0 aliphatic rings. The van der Waals surface area contributed by atoms with Gasteiger partial charge in [-0.3, -0.25) is 4.31 Å². The van der Waals surface area contributed by atoms with E-state index in [1.807, 2.05) is 6.92 Å². The van der Waals surface area contributed by atoms with Gasteiger partial charge in [0.2, 0.25) is 0 Å². The molecule has 0 saturated heterocycles. The third-order valence-electron chi connectivity index (χ3n) is 7.28. The summed E-state index contributed by atoms with van der Waals surface area (Å²) in [5, 5.41) is 23.9. The third kappa shape index (κ3) is 7.60. The molecule has 0 fully saturated rings. The van der Waals surface area contributed by atoms with Crippen LogP contribution in [0.2, 0.25) is 0 Å². The van der Waals surface area contributed by atoms with E-state index in [4.69, 9.17) is 0 Å². The highest BCUT2D eigenvalue weighted by Crippen LogP contribution is 2.32. The van der Waals surface area contributed by atoms with Crippen molar-refractivity contribution in [2.24, 2.45) is 0 Å². The molecule has 4 aromatic rings. The van der Waals surface area contributed by atoms with Crippen LogP contribution in [0.15, 0.2) is 72.8 Å². The van der Waals surface area contributed by atoms with E-state index in [-0.39, 0.29) is 40.4 Å². The molecule has 0 spiro atoms. The summed E-state index contributed by atoms with van der Waals surface area (Å²) in [5.74, 6) is -1.21. The van der Waals surface area contributed by atoms with Gasteiger partial charge in [-0.05, 0) is 72.5 Å². The number of aromatic carboxylic acids is 1. The molecule has 3 N–H and O–H groups in total. The highest BCUT2D eigenvalue weighted by atomic mass is 32.2. The Balaban J connectivity index is 1.47. The van der Waals surface area contributed by atoms with E-state index in [1.165, 1.54) is 47.0 Å². The fraction of sp³-hybridized carbons (Fsp3) is 0.300. The smallest absolute Gasteiger partial charge is 0.477 e. The first-order valence-electron chi connectivity index (χ1n) is 13.5. The third-order valence-corrected chi connectivity index (χ3v) is 8.80. The Morgan fingerprint density at radius 2 is 1.60 bits per heavy atom. The number of fused-ring (bicyclic) bond motifs is 1. The van der Waals surface area contributed by atoms with E-state index in [0.717, 1.165) is 24.7 Å². The van der Waals surface area contributed by atoms with Crippen LogP contribution in [0, 0.1) is 0 Å². The fourth-order valence-corrected chi connectivity index (χ4v) is 5.57. The van der Waals surface area contributed by atoms with Gasteiger partial charge in [-0.15, -0.1) is 0 Å². The molecule has 0 aliphatic carbocycles. The van der Waals surface area contributed by atoms with Crippen molar-refractivity contribution in [2.45, 2.75) is 43.7 Å². The summed E-state index contributed by atoms with van der Waals surface area (Å²) in [7, 11) is -4.80. The molecule has 1 heterocycles. The number of carbonyl (C=O) groups is 1. The topological polar surface area (TPSA) is 112 Å². The largest absolute Gasteiger partial charge is 0.516 e. The molecule has 4 rings (SSSR count). The summed E-state index contributed by atoms with van der Waals surface area (Å²) in [5.41, 5.74) is -4.56. The summed E-state index contributed by atoms with van der Waals surface area (Å²) in [4.78, 5) is 12.0. The summed E-state index contributed by atoms with van der Waals surface area (Å²) in [6, 6.07) is 16.3. The number of anilines is 1. The Bertz CT molecular complexity index is 1790. The van der Waals surface area contributed by atoms with E-state index in [0.29, 0.717) is 22.9 Å². The monoisotopic (exact) mass is 657 g/mol. The van der Waals surface area contributed by atoms with Gasteiger partial charge in [0.05, 0.1) is 17.4 Å². The predicted molar refractivity (Wildman–Crippen MR) is 155 cm³/mol. The quantitative estimate of drug-likeness (QED) is 0.172. The highest BCUT2D eigenvalue weighted by molar-refractivity contribution is 7.93. The van der Waals surface area contributed by atoms with E-state index in [1.54, 1.807) is 18.2 Å². The van der Waals surface area contributed by atoms with Crippen molar-refractivity contribution < 1.29 is 49.8 Å². The molecule has 15 heteroatoms. The number of hydrogen-bond donors (Lipinski definition) is 3. The van der Waals surface area contributed by atoms with Gasteiger partial charge in [0, 0.05) is 37.1 Å². The number of sulfonamides is 1. The number of alkyl halides is 6. The minimum atomic E-state index is -5.58. The fourth-order valence-electron chi connectivity index (χ4n) is 4.86. The second-order valence-electron chi connectivity index (χ2n) is 10.6. The summed E-state index contributed by atoms with van der Waals surface area (Å²) in [6.07, 6.45) is -5.25. The maximum atomic E-state index is 13.0. The number of carboxylic acids is 1. The number of aromatic nitrogens is 1. The molecule has 0 amide bonds. The van der Waals surface area contributed by atoms with Crippen LogP contribution in [-0.2, 0) is 29.2 Å². The van der Waals surface area contributed by atoms with Crippen molar-refractivity contribution >= 4 is 32.6 Å². The first kappa shape index (κ1) is 33.8. The Labute approximate surface area is 254 Å². The van der Waals surface area contributed by atoms with Crippen LogP contribution in [0.1, 0.15) is 45.8 Å².